The first-order valence-corrected chi connectivity index (χ1v) is 5.89. The van der Waals surface area contributed by atoms with Gasteiger partial charge in [-0.05, 0) is 46.6 Å². The van der Waals surface area contributed by atoms with Crippen molar-refractivity contribution < 1.29 is 0 Å². The van der Waals surface area contributed by atoms with Crippen molar-refractivity contribution in [1.29, 1.82) is 0 Å². The molecule has 0 aliphatic rings. The molecular weight excluding hydrogens is 180 g/mol. The van der Waals surface area contributed by atoms with Crippen molar-refractivity contribution in [3.8, 4) is 0 Å². The van der Waals surface area contributed by atoms with E-state index in [4.69, 9.17) is 0 Å². The summed E-state index contributed by atoms with van der Waals surface area (Å²) in [4.78, 5) is 2.34. The van der Waals surface area contributed by atoms with E-state index in [0.717, 1.165) is 11.6 Å². The van der Waals surface area contributed by atoms with Gasteiger partial charge in [-0.3, -0.25) is 0 Å². The van der Waals surface area contributed by atoms with Crippen LogP contribution in [0.3, 0.4) is 0 Å². The number of hydrogen-bond donors (Lipinski definition) is 0. The van der Waals surface area contributed by atoms with Gasteiger partial charge in [0.25, 0.3) is 0 Å². The lowest BCUT2D eigenvalue weighted by Gasteiger charge is -2.32. The summed E-state index contributed by atoms with van der Waals surface area (Å²) in [6.07, 6.45) is 0. The standard InChI is InChI=1S/C10H22N2S/c1-7-13-11-10(6)12(8(2)3)9(4)5/h8-9H,7H2,1-6H3. The van der Waals surface area contributed by atoms with Crippen LogP contribution in [0.2, 0.25) is 0 Å². The molecular formula is C10H22N2S. The lowest BCUT2D eigenvalue weighted by Crippen LogP contribution is -2.40. The highest BCUT2D eigenvalue weighted by Gasteiger charge is 2.14. The summed E-state index contributed by atoms with van der Waals surface area (Å²) in [7, 11) is 0. The Bertz CT molecular complexity index is 156. The smallest absolute Gasteiger partial charge is 0.110 e. The van der Waals surface area contributed by atoms with E-state index in [0.29, 0.717) is 12.1 Å². The number of hydrogen-bond acceptors (Lipinski definition) is 2. The summed E-state index contributed by atoms with van der Waals surface area (Å²) in [6.45, 7) is 13.0. The van der Waals surface area contributed by atoms with Crippen LogP contribution in [0.5, 0.6) is 0 Å². The van der Waals surface area contributed by atoms with E-state index < -0.39 is 0 Å². The van der Waals surface area contributed by atoms with Crippen LogP contribution in [0.4, 0.5) is 0 Å². The van der Waals surface area contributed by atoms with Gasteiger partial charge in [0.05, 0.1) is 0 Å². The predicted molar refractivity (Wildman–Crippen MR) is 63.4 cm³/mol. The van der Waals surface area contributed by atoms with E-state index in [1.54, 1.807) is 11.9 Å². The SMILES string of the molecule is CCSN=C(C)N(C(C)C)C(C)C. The van der Waals surface area contributed by atoms with Gasteiger partial charge >= 0.3 is 0 Å². The van der Waals surface area contributed by atoms with Crippen LogP contribution < -0.4 is 0 Å². The number of nitrogens with zero attached hydrogens (tertiary/aromatic N) is 2. The summed E-state index contributed by atoms with van der Waals surface area (Å²) < 4.78 is 4.44. The van der Waals surface area contributed by atoms with Gasteiger partial charge in [-0.1, -0.05) is 6.92 Å². The molecule has 0 amide bonds. The van der Waals surface area contributed by atoms with Crippen molar-refractivity contribution in [2.24, 2.45) is 4.40 Å². The van der Waals surface area contributed by atoms with E-state index in [-0.39, 0.29) is 0 Å². The lowest BCUT2D eigenvalue weighted by atomic mass is 10.2. The van der Waals surface area contributed by atoms with Crippen LogP contribution in [0.15, 0.2) is 4.40 Å². The van der Waals surface area contributed by atoms with Crippen LogP contribution in [0, 0.1) is 0 Å². The Kier molecular flexibility index (Phi) is 6.21. The molecule has 0 aliphatic heterocycles. The monoisotopic (exact) mass is 202 g/mol. The molecule has 0 radical (unpaired) electrons. The molecule has 2 nitrogen and oxygen atoms in total. The zero-order valence-electron chi connectivity index (χ0n) is 9.66. The molecule has 13 heavy (non-hydrogen) atoms. The molecule has 0 unspecified atom stereocenters. The third-order valence-electron chi connectivity index (χ3n) is 1.81. The Morgan fingerprint density at radius 1 is 1.23 bits per heavy atom. The molecule has 0 N–H and O–H groups in total. The minimum Gasteiger partial charge on any atom is -0.355 e. The van der Waals surface area contributed by atoms with Gasteiger partial charge in [-0.2, -0.15) is 0 Å². The number of rotatable bonds is 4. The first kappa shape index (κ1) is 12.8. The van der Waals surface area contributed by atoms with E-state index in [1.165, 1.54) is 0 Å². The summed E-state index contributed by atoms with van der Waals surface area (Å²) in [5, 5.41) is 0. The molecule has 78 valence electrons. The predicted octanol–water partition coefficient (Wildman–Crippen LogP) is 3.19. The van der Waals surface area contributed by atoms with Crippen molar-refractivity contribution in [1.82, 2.24) is 4.90 Å². The third kappa shape index (κ3) is 4.55. The van der Waals surface area contributed by atoms with Crippen LogP contribution in [0.25, 0.3) is 0 Å². The molecule has 0 atom stereocenters. The average Bonchev–Trinajstić information content (AvgIpc) is 1.99. The fourth-order valence-electron chi connectivity index (χ4n) is 1.55. The van der Waals surface area contributed by atoms with Crippen LogP contribution >= 0.6 is 11.9 Å². The highest BCUT2D eigenvalue weighted by atomic mass is 32.2. The maximum atomic E-state index is 4.44. The molecule has 0 heterocycles. The lowest BCUT2D eigenvalue weighted by molar-refractivity contribution is 0.291. The Morgan fingerprint density at radius 3 is 2.00 bits per heavy atom. The van der Waals surface area contributed by atoms with Gasteiger partial charge in [-0.25, -0.2) is 4.40 Å². The largest absolute Gasteiger partial charge is 0.355 e. The maximum absolute atomic E-state index is 4.44. The first-order chi connectivity index (χ1) is 6.00. The maximum Gasteiger partial charge on any atom is 0.110 e. The van der Waals surface area contributed by atoms with Crippen molar-refractivity contribution in [3.05, 3.63) is 0 Å². The summed E-state index contributed by atoms with van der Waals surface area (Å²) in [6, 6.07) is 1.06. The second kappa shape index (κ2) is 6.30. The highest BCUT2D eigenvalue weighted by molar-refractivity contribution is 7.98. The molecule has 0 saturated heterocycles. The minimum absolute atomic E-state index is 0.529. The second-order valence-electron chi connectivity index (χ2n) is 3.65. The van der Waals surface area contributed by atoms with E-state index in [9.17, 15) is 0 Å². The third-order valence-corrected chi connectivity index (χ3v) is 2.46. The Morgan fingerprint density at radius 2 is 1.69 bits per heavy atom. The molecule has 0 aliphatic carbocycles. The molecule has 0 saturated carbocycles. The molecule has 0 bridgehead atoms. The molecule has 3 heteroatoms. The molecule has 0 spiro atoms. The van der Waals surface area contributed by atoms with Crippen LogP contribution in [-0.4, -0.2) is 28.6 Å². The summed E-state index contributed by atoms with van der Waals surface area (Å²) in [5.41, 5.74) is 0. The fraction of sp³-hybridized carbons (Fsp3) is 0.900. The van der Waals surface area contributed by atoms with E-state index in [2.05, 4.69) is 50.8 Å². The van der Waals surface area contributed by atoms with Crippen LogP contribution in [-0.2, 0) is 0 Å². The topological polar surface area (TPSA) is 15.6 Å². The summed E-state index contributed by atoms with van der Waals surface area (Å²) >= 11 is 1.63. The van der Waals surface area contributed by atoms with Crippen molar-refractivity contribution in [2.45, 2.75) is 53.6 Å². The van der Waals surface area contributed by atoms with E-state index in [1.807, 2.05) is 0 Å². The minimum atomic E-state index is 0.529. The molecule has 0 fully saturated rings. The average molecular weight is 202 g/mol. The zero-order valence-corrected chi connectivity index (χ0v) is 10.5. The molecule has 0 aromatic carbocycles. The second-order valence-corrected chi connectivity index (χ2v) is 4.67. The normalized spacial score (nSPS) is 12.8. The highest BCUT2D eigenvalue weighted by Crippen LogP contribution is 2.10. The molecule has 0 rings (SSSR count). The van der Waals surface area contributed by atoms with Gasteiger partial charge in [0.2, 0.25) is 0 Å². The molecule has 0 aromatic heterocycles. The Balaban J connectivity index is 4.36. The van der Waals surface area contributed by atoms with Gasteiger partial charge in [0.1, 0.15) is 5.84 Å². The fourth-order valence-corrected chi connectivity index (χ4v) is 1.96. The summed E-state index contributed by atoms with van der Waals surface area (Å²) in [5.74, 6) is 2.18. The van der Waals surface area contributed by atoms with Crippen molar-refractivity contribution in [2.75, 3.05) is 5.75 Å². The van der Waals surface area contributed by atoms with Crippen molar-refractivity contribution in [3.63, 3.8) is 0 Å². The Labute approximate surface area is 86.9 Å². The number of amidine groups is 1. The van der Waals surface area contributed by atoms with E-state index >= 15 is 0 Å². The van der Waals surface area contributed by atoms with Gasteiger partial charge in [0.15, 0.2) is 0 Å². The Hall–Kier alpha value is -0.180. The zero-order chi connectivity index (χ0) is 10.4. The quantitative estimate of drug-likeness (QED) is 0.395. The van der Waals surface area contributed by atoms with Gasteiger partial charge in [-0.15, -0.1) is 0 Å². The molecule has 0 aromatic rings. The van der Waals surface area contributed by atoms with Gasteiger partial charge in [0, 0.05) is 17.8 Å². The van der Waals surface area contributed by atoms with Crippen LogP contribution in [0.1, 0.15) is 41.5 Å². The van der Waals surface area contributed by atoms with Gasteiger partial charge < -0.3 is 4.90 Å². The first-order valence-electron chi connectivity index (χ1n) is 4.95. The van der Waals surface area contributed by atoms with Crippen molar-refractivity contribution >= 4 is 17.8 Å².